The van der Waals surface area contributed by atoms with Gasteiger partial charge in [0.05, 0.1) is 24.2 Å². The topological polar surface area (TPSA) is 106 Å². The van der Waals surface area contributed by atoms with Crippen molar-refractivity contribution in [2.24, 2.45) is 0 Å². The molecule has 1 fully saturated rings. The van der Waals surface area contributed by atoms with Gasteiger partial charge in [-0.3, -0.25) is 0 Å². The van der Waals surface area contributed by atoms with Crippen molar-refractivity contribution in [1.82, 2.24) is 29.3 Å². The van der Waals surface area contributed by atoms with Crippen LogP contribution in [0.1, 0.15) is 57.6 Å². The van der Waals surface area contributed by atoms with Crippen molar-refractivity contribution in [2.45, 2.75) is 70.7 Å². The van der Waals surface area contributed by atoms with E-state index in [1.807, 2.05) is 30.2 Å². The van der Waals surface area contributed by atoms with Crippen molar-refractivity contribution >= 4 is 22.9 Å². The van der Waals surface area contributed by atoms with Gasteiger partial charge in [0.2, 0.25) is 5.95 Å². The fourth-order valence-electron chi connectivity index (χ4n) is 4.66. The van der Waals surface area contributed by atoms with E-state index >= 15 is 0 Å². The first-order valence-electron chi connectivity index (χ1n) is 12.1. The Hall–Kier alpha value is -3.46. The second kappa shape index (κ2) is 9.80. The number of fused-ring (bicyclic) bond motifs is 1. The van der Waals surface area contributed by atoms with Gasteiger partial charge in [0.1, 0.15) is 0 Å². The molecule has 1 saturated carbocycles. The number of rotatable bonds is 9. The molecule has 5 rings (SSSR count). The number of hydrogen-bond donors (Lipinski definition) is 3. The van der Waals surface area contributed by atoms with Crippen LogP contribution >= 0.6 is 0 Å². The Balaban J connectivity index is 1.42. The quantitative estimate of drug-likeness (QED) is 0.342. The van der Waals surface area contributed by atoms with E-state index in [1.165, 1.54) is 12.8 Å². The van der Waals surface area contributed by atoms with Gasteiger partial charge in [-0.25, -0.2) is 9.67 Å². The molecular weight excluding hydrogens is 428 g/mol. The maximum absolute atomic E-state index is 10.1. The number of imidazole rings is 1. The van der Waals surface area contributed by atoms with Gasteiger partial charge in [0.25, 0.3) is 0 Å². The number of benzene rings is 1. The van der Waals surface area contributed by atoms with Gasteiger partial charge in [0, 0.05) is 25.0 Å². The highest BCUT2D eigenvalue weighted by Gasteiger charge is 2.23. The van der Waals surface area contributed by atoms with Gasteiger partial charge in [-0.2, -0.15) is 15.1 Å². The molecule has 1 aromatic carbocycles. The Morgan fingerprint density at radius 2 is 1.94 bits per heavy atom. The third-order valence-electron chi connectivity index (χ3n) is 6.64. The van der Waals surface area contributed by atoms with E-state index in [0.29, 0.717) is 24.4 Å². The summed E-state index contributed by atoms with van der Waals surface area (Å²) in [5.74, 6) is 1.21. The molecule has 4 aromatic rings. The summed E-state index contributed by atoms with van der Waals surface area (Å²) in [6.45, 7) is 4.43. The summed E-state index contributed by atoms with van der Waals surface area (Å²) in [5, 5.41) is 21.2. The van der Waals surface area contributed by atoms with Crippen LogP contribution in [0.4, 0.5) is 11.8 Å². The lowest BCUT2D eigenvalue weighted by Crippen LogP contribution is -2.31. The molecule has 9 nitrogen and oxygen atoms in total. The number of nitrogens with one attached hydrogen (secondary N) is 2. The molecular formula is C25H32N8O. The number of aliphatic hydroxyl groups is 1. The van der Waals surface area contributed by atoms with E-state index in [-0.39, 0.29) is 6.04 Å². The van der Waals surface area contributed by atoms with Crippen LogP contribution in [0.2, 0.25) is 0 Å². The largest absolute Gasteiger partial charge is 0.391 e. The van der Waals surface area contributed by atoms with Gasteiger partial charge < -0.3 is 20.3 Å². The molecule has 0 spiro atoms. The van der Waals surface area contributed by atoms with Crippen molar-refractivity contribution < 1.29 is 5.11 Å². The minimum atomic E-state index is -0.506. The molecule has 34 heavy (non-hydrogen) atoms. The zero-order valence-electron chi connectivity index (χ0n) is 19.7. The highest BCUT2D eigenvalue weighted by atomic mass is 16.3. The fraction of sp³-hybridized carbons (Fsp3) is 0.440. The molecule has 1 aliphatic carbocycles. The zero-order chi connectivity index (χ0) is 23.5. The average Bonchev–Trinajstić information content (AvgIpc) is 3.62. The summed E-state index contributed by atoms with van der Waals surface area (Å²) in [5.41, 5.74) is 3.75. The Labute approximate surface area is 199 Å². The molecule has 0 saturated heterocycles. The van der Waals surface area contributed by atoms with Gasteiger partial charge in [-0.1, -0.05) is 31.9 Å². The van der Waals surface area contributed by atoms with Crippen molar-refractivity contribution in [3.8, 4) is 5.69 Å². The van der Waals surface area contributed by atoms with Crippen molar-refractivity contribution in [2.75, 3.05) is 10.6 Å². The molecule has 3 aromatic heterocycles. The van der Waals surface area contributed by atoms with Crippen LogP contribution in [-0.4, -0.2) is 46.6 Å². The highest BCUT2D eigenvalue weighted by molar-refractivity contribution is 5.84. The van der Waals surface area contributed by atoms with E-state index in [0.717, 1.165) is 41.7 Å². The molecule has 1 unspecified atom stereocenters. The minimum Gasteiger partial charge on any atom is -0.391 e. The monoisotopic (exact) mass is 460 g/mol. The maximum Gasteiger partial charge on any atom is 0.227 e. The Kier molecular flexibility index (Phi) is 6.44. The number of aliphatic hydroxyl groups excluding tert-OH is 1. The maximum atomic E-state index is 10.1. The summed E-state index contributed by atoms with van der Waals surface area (Å²) < 4.78 is 4.04. The summed E-state index contributed by atoms with van der Waals surface area (Å²) in [6, 6.07) is 10.5. The van der Waals surface area contributed by atoms with E-state index < -0.39 is 6.10 Å². The van der Waals surface area contributed by atoms with Crippen LogP contribution < -0.4 is 10.6 Å². The average molecular weight is 461 g/mol. The first kappa shape index (κ1) is 22.3. The number of anilines is 2. The van der Waals surface area contributed by atoms with Crippen LogP contribution in [0, 0.1) is 0 Å². The molecule has 0 aliphatic heterocycles. The minimum absolute atomic E-state index is 0.122. The predicted octanol–water partition coefficient (Wildman–Crippen LogP) is 4.31. The van der Waals surface area contributed by atoms with E-state index in [9.17, 15) is 5.11 Å². The summed E-state index contributed by atoms with van der Waals surface area (Å²) >= 11 is 0. The molecule has 9 heteroatoms. The first-order valence-corrected chi connectivity index (χ1v) is 12.1. The Bertz CT molecular complexity index is 1210. The zero-order valence-corrected chi connectivity index (χ0v) is 19.7. The smallest absolute Gasteiger partial charge is 0.227 e. The number of hydrogen-bond acceptors (Lipinski definition) is 7. The third-order valence-corrected chi connectivity index (χ3v) is 6.64. The van der Waals surface area contributed by atoms with Gasteiger partial charge >= 0.3 is 0 Å². The van der Waals surface area contributed by atoms with Gasteiger partial charge in [-0.05, 0) is 49.9 Å². The van der Waals surface area contributed by atoms with Crippen molar-refractivity contribution in [3.05, 3.63) is 54.6 Å². The molecule has 1 aliphatic rings. The van der Waals surface area contributed by atoms with E-state index in [1.54, 1.807) is 13.1 Å². The lowest BCUT2D eigenvalue weighted by molar-refractivity contribution is 0.169. The predicted molar refractivity (Wildman–Crippen MR) is 133 cm³/mol. The Morgan fingerprint density at radius 3 is 2.62 bits per heavy atom. The molecule has 2 atom stereocenters. The van der Waals surface area contributed by atoms with Crippen molar-refractivity contribution in [1.29, 1.82) is 0 Å². The second-order valence-electron chi connectivity index (χ2n) is 9.03. The number of nitrogens with zero attached hydrogens (tertiary/aromatic N) is 6. The number of aromatic nitrogens is 6. The standard InChI is InChI=1S/C25H32N8O/c1-3-21(17(2)34)29-25-30-23(22-24(31-25)32(16-27-22)19-7-4-5-8-19)26-15-18-9-11-20(12-10-18)33-14-6-13-28-33/h6,9-14,16-17,19,21,34H,3-5,7-8,15H2,1-2H3,(H2,26,29,30,31)/t17-,21?/m1/s1. The molecule has 178 valence electrons. The molecule has 0 amide bonds. The normalized spacial score (nSPS) is 16.1. The van der Waals surface area contributed by atoms with Crippen LogP contribution in [0.5, 0.6) is 0 Å². The molecule has 0 radical (unpaired) electrons. The SMILES string of the molecule is CCC(Nc1nc(NCc2ccc(-n3cccn3)cc2)c2ncn(C3CCCC3)c2n1)[C@@H](C)O. The summed E-state index contributed by atoms with van der Waals surface area (Å²) in [7, 11) is 0. The molecule has 3 heterocycles. The van der Waals surface area contributed by atoms with E-state index in [4.69, 9.17) is 9.97 Å². The second-order valence-corrected chi connectivity index (χ2v) is 9.03. The van der Waals surface area contributed by atoms with Crippen LogP contribution in [0.25, 0.3) is 16.9 Å². The first-order chi connectivity index (χ1) is 16.6. The Morgan fingerprint density at radius 1 is 1.15 bits per heavy atom. The van der Waals surface area contributed by atoms with Crippen LogP contribution in [-0.2, 0) is 6.54 Å². The summed E-state index contributed by atoms with van der Waals surface area (Å²) in [6.07, 6.45) is 10.6. The van der Waals surface area contributed by atoms with Crippen molar-refractivity contribution in [3.63, 3.8) is 0 Å². The molecule has 3 N–H and O–H groups in total. The van der Waals surface area contributed by atoms with E-state index in [2.05, 4.69) is 49.5 Å². The van der Waals surface area contributed by atoms with Crippen LogP contribution in [0.15, 0.2) is 49.1 Å². The van der Waals surface area contributed by atoms with Crippen LogP contribution in [0.3, 0.4) is 0 Å². The van der Waals surface area contributed by atoms with Gasteiger partial charge in [0.15, 0.2) is 17.0 Å². The fourth-order valence-corrected chi connectivity index (χ4v) is 4.66. The summed E-state index contributed by atoms with van der Waals surface area (Å²) in [4.78, 5) is 14.3. The lowest BCUT2D eigenvalue weighted by atomic mass is 10.1. The third kappa shape index (κ3) is 4.61. The lowest BCUT2D eigenvalue weighted by Gasteiger charge is -2.20. The highest BCUT2D eigenvalue weighted by Crippen LogP contribution is 2.33. The molecule has 0 bridgehead atoms. The van der Waals surface area contributed by atoms with Gasteiger partial charge in [-0.15, -0.1) is 0 Å².